The van der Waals surface area contributed by atoms with Crippen molar-refractivity contribution >= 4 is 11.8 Å². The lowest BCUT2D eigenvalue weighted by molar-refractivity contribution is -0.126. The zero-order chi connectivity index (χ0) is 18.5. The van der Waals surface area contributed by atoms with Gasteiger partial charge in [-0.05, 0) is 32.6 Å². The van der Waals surface area contributed by atoms with Crippen LogP contribution in [0.2, 0.25) is 0 Å². The Morgan fingerprint density at radius 3 is 2.54 bits per heavy atom. The molecule has 0 radical (unpaired) electrons. The van der Waals surface area contributed by atoms with Gasteiger partial charge in [-0.1, -0.05) is 24.4 Å². The summed E-state index contributed by atoms with van der Waals surface area (Å²) >= 11 is 0. The molecule has 7 nitrogen and oxygen atoms in total. The number of carbonyl (C=O) groups is 2. The van der Waals surface area contributed by atoms with E-state index in [2.05, 4.69) is 15.4 Å². The number of aromatic nitrogens is 1. The molecule has 1 unspecified atom stereocenters. The third kappa shape index (κ3) is 4.63. The molecule has 0 aromatic carbocycles. The van der Waals surface area contributed by atoms with Gasteiger partial charge in [0.05, 0.1) is 11.7 Å². The topological polar surface area (TPSA) is 78.7 Å². The average Bonchev–Trinajstić information content (AvgIpc) is 3.12. The number of hydrogen-bond donors (Lipinski definition) is 1. The summed E-state index contributed by atoms with van der Waals surface area (Å²) in [5.41, 5.74) is 0.704. The van der Waals surface area contributed by atoms with Gasteiger partial charge < -0.3 is 14.7 Å². The molecular weight excluding hydrogens is 332 g/mol. The molecule has 1 aliphatic heterocycles. The van der Waals surface area contributed by atoms with Crippen molar-refractivity contribution in [1.82, 2.24) is 20.3 Å². The first-order valence-corrected chi connectivity index (χ1v) is 9.79. The number of nitrogens with zero attached hydrogens (tertiary/aromatic N) is 3. The Bertz CT molecular complexity index is 616. The second-order valence-corrected chi connectivity index (χ2v) is 7.59. The van der Waals surface area contributed by atoms with Crippen LogP contribution in [-0.2, 0) is 4.79 Å². The summed E-state index contributed by atoms with van der Waals surface area (Å²) in [4.78, 5) is 28.8. The Morgan fingerprint density at radius 1 is 1.23 bits per heavy atom. The molecule has 1 aromatic rings. The second kappa shape index (κ2) is 8.66. The first-order valence-electron chi connectivity index (χ1n) is 9.79. The van der Waals surface area contributed by atoms with E-state index in [0.29, 0.717) is 37.8 Å². The molecule has 1 saturated heterocycles. The molecule has 0 spiro atoms. The van der Waals surface area contributed by atoms with Crippen molar-refractivity contribution in [1.29, 1.82) is 0 Å². The Labute approximate surface area is 155 Å². The van der Waals surface area contributed by atoms with E-state index in [4.69, 9.17) is 4.52 Å². The van der Waals surface area contributed by atoms with Gasteiger partial charge in [0.15, 0.2) is 0 Å². The molecule has 2 heterocycles. The minimum Gasteiger partial charge on any atom is -0.354 e. The smallest absolute Gasteiger partial charge is 0.292 e. The van der Waals surface area contributed by atoms with Gasteiger partial charge in [-0.15, -0.1) is 0 Å². The predicted molar refractivity (Wildman–Crippen MR) is 97.8 cm³/mol. The number of rotatable bonds is 5. The fourth-order valence-electron chi connectivity index (χ4n) is 3.88. The number of aryl methyl sites for hydroxylation is 1. The Kier molecular flexibility index (Phi) is 6.29. The maximum absolute atomic E-state index is 12.5. The lowest BCUT2D eigenvalue weighted by atomic mass is 9.89. The number of amides is 2. The van der Waals surface area contributed by atoms with E-state index in [0.717, 1.165) is 6.54 Å². The van der Waals surface area contributed by atoms with Crippen molar-refractivity contribution < 1.29 is 14.1 Å². The van der Waals surface area contributed by atoms with E-state index >= 15 is 0 Å². The monoisotopic (exact) mass is 362 g/mol. The molecule has 2 fully saturated rings. The van der Waals surface area contributed by atoms with E-state index in [1.807, 2.05) is 6.92 Å². The third-order valence-electron chi connectivity index (χ3n) is 5.66. The van der Waals surface area contributed by atoms with Crippen LogP contribution in [0.5, 0.6) is 0 Å². The van der Waals surface area contributed by atoms with Crippen LogP contribution >= 0.6 is 0 Å². The van der Waals surface area contributed by atoms with Gasteiger partial charge in [0.1, 0.15) is 0 Å². The van der Waals surface area contributed by atoms with Crippen LogP contribution in [0.25, 0.3) is 0 Å². The molecule has 1 N–H and O–H groups in total. The summed E-state index contributed by atoms with van der Waals surface area (Å²) in [5.74, 6) is 0.898. The van der Waals surface area contributed by atoms with Crippen LogP contribution in [0.3, 0.4) is 0 Å². The van der Waals surface area contributed by atoms with Crippen molar-refractivity contribution in [2.75, 3.05) is 32.7 Å². The van der Waals surface area contributed by atoms with Crippen LogP contribution in [-0.4, -0.2) is 65.5 Å². The lowest BCUT2D eigenvalue weighted by Gasteiger charge is -2.37. The van der Waals surface area contributed by atoms with Crippen LogP contribution in [0.1, 0.15) is 55.3 Å². The Morgan fingerprint density at radius 2 is 1.92 bits per heavy atom. The highest BCUT2D eigenvalue weighted by Gasteiger charge is 2.29. The maximum atomic E-state index is 12.5. The van der Waals surface area contributed by atoms with E-state index in [9.17, 15) is 9.59 Å². The first-order chi connectivity index (χ1) is 12.5. The minimum atomic E-state index is -0.164. The largest absolute Gasteiger partial charge is 0.354 e. The van der Waals surface area contributed by atoms with Gasteiger partial charge in [-0.3, -0.25) is 14.5 Å². The molecule has 26 heavy (non-hydrogen) atoms. The SMILES string of the molecule is Cc1cc(C(=O)N2CCN(C(C)C(=O)NCC3CCCCC3)CC2)on1. The Hall–Kier alpha value is -1.89. The molecule has 1 saturated carbocycles. The molecule has 2 amide bonds. The van der Waals surface area contributed by atoms with Crippen molar-refractivity contribution in [2.45, 2.75) is 52.0 Å². The highest BCUT2D eigenvalue weighted by atomic mass is 16.5. The van der Waals surface area contributed by atoms with E-state index in [-0.39, 0.29) is 23.6 Å². The fourth-order valence-corrected chi connectivity index (χ4v) is 3.88. The summed E-state index contributed by atoms with van der Waals surface area (Å²) in [6, 6.07) is 1.50. The molecule has 144 valence electrons. The number of hydrogen-bond acceptors (Lipinski definition) is 5. The summed E-state index contributed by atoms with van der Waals surface area (Å²) in [6.45, 7) is 7.12. The molecular formula is C19H30N4O3. The van der Waals surface area contributed by atoms with Crippen molar-refractivity contribution in [3.63, 3.8) is 0 Å². The highest BCUT2D eigenvalue weighted by molar-refractivity contribution is 5.91. The standard InChI is InChI=1S/C19H30N4O3/c1-14-12-17(26-21-14)19(25)23-10-8-22(9-11-23)15(2)18(24)20-13-16-6-4-3-5-7-16/h12,15-16H,3-11,13H2,1-2H3,(H,20,24). The van der Waals surface area contributed by atoms with E-state index in [1.165, 1.54) is 32.1 Å². The maximum Gasteiger partial charge on any atom is 0.292 e. The number of carbonyl (C=O) groups excluding carboxylic acids is 2. The van der Waals surface area contributed by atoms with E-state index < -0.39 is 0 Å². The Balaban J connectivity index is 1.43. The number of piperazine rings is 1. The predicted octanol–water partition coefficient (Wildman–Crippen LogP) is 1.83. The lowest BCUT2D eigenvalue weighted by Crippen LogP contribution is -2.55. The van der Waals surface area contributed by atoms with Gasteiger partial charge in [-0.2, -0.15) is 0 Å². The summed E-state index contributed by atoms with van der Waals surface area (Å²) < 4.78 is 5.06. The number of nitrogens with one attached hydrogen (secondary N) is 1. The molecule has 1 aromatic heterocycles. The molecule has 1 atom stereocenters. The zero-order valence-electron chi connectivity index (χ0n) is 15.9. The minimum absolute atomic E-state index is 0.0983. The summed E-state index contributed by atoms with van der Waals surface area (Å²) in [5, 5.41) is 6.90. The van der Waals surface area contributed by atoms with Gasteiger partial charge in [0.25, 0.3) is 5.91 Å². The van der Waals surface area contributed by atoms with Crippen LogP contribution in [0, 0.1) is 12.8 Å². The normalized spacial score (nSPS) is 20.8. The van der Waals surface area contributed by atoms with Gasteiger partial charge >= 0.3 is 0 Å². The van der Waals surface area contributed by atoms with Crippen LogP contribution in [0.15, 0.2) is 10.6 Å². The highest BCUT2D eigenvalue weighted by Crippen LogP contribution is 2.22. The molecule has 2 aliphatic rings. The van der Waals surface area contributed by atoms with Crippen molar-refractivity contribution in [3.8, 4) is 0 Å². The molecule has 0 bridgehead atoms. The van der Waals surface area contributed by atoms with Crippen LogP contribution < -0.4 is 5.32 Å². The quantitative estimate of drug-likeness (QED) is 0.864. The summed E-state index contributed by atoms with van der Waals surface area (Å²) in [6.07, 6.45) is 6.37. The molecule has 3 rings (SSSR count). The second-order valence-electron chi connectivity index (χ2n) is 7.59. The zero-order valence-corrected chi connectivity index (χ0v) is 15.9. The average molecular weight is 362 g/mol. The van der Waals surface area contributed by atoms with Gasteiger partial charge in [0.2, 0.25) is 11.7 Å². The third-order valence-corrected chi connectivity index (χ3v) is 5.66. The van der Waals surface area contributed by atoms with Crippen molar-refractivity contribution in [3.05, 3.63) is 17.5 Å². The summed E-state index contributed by atoms with van der Waals surface area (Å²) in [7, 11) is 0. The molecule has 7 heteroatoms. The molecule has 1 aliphatic carbocycles. The first kappa shape index (κ1) is 18.9. The fraction of sp³-hybridized carbons (Fsp3) is 0.737. The van der Waals surface area contributed by atoms with E-state index in [1.54, 1.807) is 17.9 Å². The van der Waals surface area contributed by atoms with Gasteiger partial charge in [-0.25, -0.2) is 0 Å². The van der Waals surface area contributed by atoms with Gasteiger partial charge in [0, 0.05) is 38.8 Å². The van der Waals surface area contributed by atoms with Crippen molar-refractivity contribution in [2.24, 2.45) is 5.92 Å². The van der Waals surface area contributed by atoms with Crippen LogP contribution in [0.4, 0.5) is 0 Å².